The van der Waals surface area contributed by atoms with E-state index in [-0.39, 0.29) is 5.82 Å². The molecular weight excluding hydrogens is 295 g/mol. The monoisotopic (exact) mass is 306 g/mol. The van der Waals surface area contributed by atoms with Crippen LogP contribution >= 0.6 is 15.9 Å². The quantitative estimate of drug-likeness (QED) is 0.655. The van der Waals surface area contributed by atoms with E-state index in [1.165, 1.54) is 21.5 Å². The number of rotatable bonds is 0. The second-order valence-corrected chi connectivity index (χ2v) is 10.2. The van der Waals surface area contributed by atoms with Crippen LogP contribution in [0.25, 0.3) is 11.1 Å². The van der Waals surface area contributed by atoms with Crippen molar-refractivity contribution in [1.82, 2.24) is 0 Å². The molecule has 2 aromatic rings. The summed E-state index contributed by atoms with van der Waals surface area (Å²) in [5, 5.41) is 2.62. The van der Waals surface area contributed by atoms with Gasteiger partial charge in [0.2, 0.25) is 0 Å². The van der Waals surface area contributed by atoms with Crippen molar-refractivity contribution in [3.63, 3.8) is 0 Å². The van der Waals surface area contributed by atoms with Crippen molar-refractivity contribution in [2.24, 2.45) is 0 Å². The maximum atomic E-state index is 13.4. The lowest BCUT2D eigenvalue weighted by Crippen LogP contribution is -2.49. The zero-order valence-corrected chi connectivity index (χ0v) is 12.3. The molecule has 0 atom stereocenters. The first kappa shape index (κ1) is 11.2. The Balaban J connectivity index is 2.38. The van der Waals surface area contributed by atoms with Crippen molar-refractivity contribution in [1.29, 1.82) is 0 Å². The third kappa shape index (κ3) is 1.53. The molecule has 17 heavy (non-hydrogen) atoms. The normalized spacial score (nSPS) is 15.5. The van der Waals surface area contributed by atoms with E-state index in [0.29, 0.717) is 0 Å². The first-order chi connectivity index (χ1) is 8.00. The lowest BCUT2D eigenvalue weighted by atomic mass is 10.1. The van der Waals surface area contributed by atoms with Crippen LogP contribution in [0.2, 0.25) is 13.1 Å². The Hall–Kier alpha value is -0.933. The van der Waals surface area contributed by atoms with Crippen molar-refractivity contribution in [3.05, 3.63) is 46.7 Å². The van der Waals surface area contributed by atoms with E-state index >= 15 is 0 Å². The summed E-state index contributed by atoms with van der Waals surface area (Å²) in [7, 11) is -1.70. The topological polar surface area (TPSA) is 0 Å². The highest BCUT2D eigenvalue weighted by Gasteiger charge is 2.37. The van der Waals surface area contributed by atoms with Gasteiger partial charge in [0.25, 0.3) is 0 Å². The maximum Gasteiger partial charge on any atom is 0.123 e. The summed E-state index contributed by atoms with van der Waals surface area (Å²) in [5.74, 6) is -0.129. The van der Waals surface area contributed by atoms with Crippen LogP contribution < -0.4 is 10.4 Å². The van der Waals surface area contributed by atoms with Gasteiger partial charge in [0.15, 0.2) is 0 Å². The molecule has 0 amide bonds. The molecule has 0 spiro atoms. The van der Waals surface area contributed by atoms with Crippen LogP contribution in [0, 0.1) is 5.82 Å². The van der Waals surface area contributed by atoms with Gasteiger partial charge in [-0.15, -0.1) is 0 Å². The Labute approximate surface area is 110 Å². The van der Waals surface area contributed by atoms with Gasteiger partial charge < -0.3 is 0 Å². The number of benzene rings is 2. The summed E-state index contributed by atoms with van der Waals surface area (Å²) in [4.78, 5) is 0. The first-order valence-electron chi connectivity index (χ1n) is 5.60. The van der Waals surface area contributed by atoms with Crippen molar-refractivity contribution in [2.75, 3.05) is 0 Å². The van der Waals surface area contributed by atoms with Gasteiger partial charge in [0, 0.05) is 4.47 Å². The highest BCUT2D eigenvalue weighted by atomic mass is 79.9. The fraction of sp³-hybridized carbons (Fsp3) is 0.143. The molecule has 0 bridgehead atoms. The van der Waals surface area contributed by atoms with E-state index in [9.17, 15) is 4.39 Å². The molecule has 1 heterocycles. The zero-order chi connectivity index (χ0) is 12.2. The summed E-state index contributed by atoms with van der Waals surface area (Å²) in [6, 6.07) is 11.6. The van der Waals surface area contributed by atoms with Crippen LogP contribution in [0.4, 0.5) is 4.39 Å². The van der Waals surface area contributed by atoms with Crippen LogP contribution in [-0.2, 0) is 0 Å². The Kier molecular flexibility index (Phi) is 2.32. The van der Waals surface area contributed by atoms with Crippen LogP contribution in [0.5, 0.6) is 0 Å². The van der Waals surface area contributed by atoms with E-state index in [2.05, 4.69) is 47.2 Å². The van der Waals surface area contributed by atoms with E-state index in [1.807, 2.05) is 6.07 Å². The van der Waals surface area contributed by atoms with Crippen molar-refractivity contribution < 1.29 is 4.39 Å². The zero-order valence-electron chi connectivity index (χ0n) is 9.72. The molecule has 86 valence electrons. The SMILES string of the molecule is C[Si]1(C)c2ccc(Br)cc2-c2ccc(F)cc21. The Bertz CT molecular complexity index is 620. The Morgan fingerprint density at radius 3 is 2.47 bits per heavy atom. The number of hydrogen-bond donors (Lipinski definition) is 0. The molecule has 0 aliphatic carbocycles. The minimum atomic E-state index is -1.70. The van der Waals surface area contributed by atoms with E-state index in [0.717, 1.165) is 4.47 Å². The third-order valence-corrected chi connectivity index (χ3v) is 7.64. The summed E-state index contributed by atoms with van der Waals surface area (Å²) in [5.41, 5.74) is 2.48. The van der Waals surface area contributed by atoms with E-state index < -0.39 is 8.07 Å². The predicted octanol–water partition coefficient (Wildman–Crippen LogP) is 3.39. The molecule has 3 rings (SSSR count). The molecule has 0 nitrogen and oxygen atoms in total. The van der Waals surface area contributed by atoms with Gasteiger partial charge >= 0.3 is 0 Å². The van der Waals surface area contributed by atoms with Gasteiger partial charge in [0.05, 0.1) is 0 Å². The van der Waals surface area contributed by atoms with Gasteiger partial charge in [0.1, 0.15) is 13.9 Å². The number of fused-ring (bicyclic) bond motifs is 3. The molecule has 0 fully saturated rings. The van der Waals surface area contributed by atoms with Crippen LogP contribution in [0.1, 0.15) is 0 Å². The Morgan fingerprint density at radius 1 is 0.941 bits per heavy atom. The molecular formula is C14H12BrFSi. The standard InChI is InChI=1S/C14H12BrFSi/c1-17(2)13-6-3-9(15)7-12(13)11-5-4-10(16)8-14(11)17/h3-8H,1-2H3. The fourth-order valence-electron chi connectivity index (χ4n) is 2.70. The average molecular weight is 307 g/mol. The number of hydrogen-bond acceptors (Lipinski definition) is 0. The molecule has 0 saturated heterocycles. The molecule has 0 N–H and O–H groups in total. The lowest BCUT2D eigenvalue weighted by molar-refractivity contribution is 0.629. The smallest absolute Gasteiger partial charge is 0.123 e. The van der Waals surface area contributed by atoms with E-state index in [1.54, 1.807) is 12.1 Å². The summed E-state index contributed by atoms with van der Waals surface area (Å²) in [6.45, 7) is 4.57. The molecule has 0 radical (unpaired) electrons. The van der Waals surface area contributed by atoms with Crippen molar-refractivity contribution in [2.45, 2.75) is 13.1 Å². The van der Waals surface area contributed by atoms with Crippen LogP contribution in [-0.4, -0.2) is 8.07 Å². The second-order valence-electron chi connectivity index (χ2n) is 5.00. The highest BCUT2D eigenvalue weighted by molar-refractivity contribution is 9.10. The lowest BCUT2D eigenvalue weighted by Gasteiger charge is -2.18. The maximum absolute atomic E-state index is 13.4. The molecule has 0 saturated carbocycles. The predicted molar refractivity (Wildman–Crippen MR) is 76.3 cm³/mol. The third-order valence-electron chi connectivity index (χ3n) is 3.60. The minimum Gasteiger partial charge on any atom is -0.207 e. The van der Waals surface area contributed by atoms with Gasteiger partial charge in [-0.2, -0.15) is 0 Å². The van der Waals surface area contributed by atoms with Crippen LogP contribution in [0.3, 0.4) is 0 Å². The molecule has 1 aliphatic rings. The van der Waals surface area contributed by atoms with Crippen LogP contribution in [0.15, 0.2) is 40.9 Å². The Morgan fingerprint density at radius 2 is 1.71 bits per heavy atom. The van der Waals surface area contributed by atoms with Gasteiger partial charge in [-0.05, 0) is 45.8 Å². The molecule has 0 aromatic heterocycles. The van der Waals surface area contributed by atoms with E-state index in [4.69, 9.17) is 0 Å². The molecule has 0 unspecified atom stereocenters. The van der Waals surface area contributed by atoms with Crippen molar-refractivity contribution >= 4 is 34.4 Å². The first-order valence-corrected chi connectivity index (χ1v) is 9.40. The summed E-state index contributed by atoms with van der Waals surface area (Å²) in [6.07, 6.45) is 0. The molecule has 2 aromatic carbocycles. The van der Waals surface area contributed by atoms with Crippen molar-refractivity contribution in [3.8, 4) is 11.1 Å². The fourth-order valence-corrected chi connectivity index (χ4v) is 6.12. The largest absolute Gasteiger partial charge is 0.207 e. The molecule has 3 heteroatoms. The van der Waals surface area contributed by atoms with Gasteiger partial charge in [-0.3, -0.25) is 0 Å². The highest BCUT2D eigenvalue weighted by Crippen LogP contribution is 2.30. The summed E-state index contributed by atoms with van der Waals surface area (Å²) >= 11 is 3.51. The molecule has 1 aliphatic heterocycles. The van der Waals surface area contributed by atoms with Gasteiger partial charge in [-0.25, -0.2) is 4.39 Å². The average Bonchev–Trinajstić information content (AvgIpc) is 2.48. The minimum absolute atomic E-state index is 0.129. The van der Waals surface area contributed by atoms with Gasteiger partial charge in [-0.1, -0.05) is 41.2 Å². The number of halogens is 2. The second kappa shape index (κ2) is 3.53. The summed E-state index contributed by atoms with van der Waals surface area (Å²) < 4.78 is 14.5.